The highest BCUT2D eigenvalue weighted by molar-refractivity contribution is 5.07. The second-order valence-electron chi connectivity index (χ2n) is 3.35. The van der Waals surface area contributed by atoms with Crippen LogP contribution in [0.2, 0.25) is 0 Å². The van der Waals surface area contributed by atoms with E-state index in [0.717, 1.165) is 25.9 Å². The largest absolute Gasteiger partial charge is 0.396 e. The molecule has 0 amide bonds. The molecule has 1 aliphatic heterocycles. The predicted molar refractivity (Wildman–Crippen MR) is 51.1 cm³/mol. The summed E-state index contributed by atoms with van der Waals surface area (Å²) in [5.41, 5.74) is 1.51. The number of hydrogen-bond donors (Lipinski definition) is 1. The van der Waals surface area contributed by atoms with Gasteiger partial charge in [-0.25, -0.2) is 0 Å². The van der Waals surface area contributed by atoms with Gasteiger partial charge < -0.3 is 5.11 Å². The summed E-state index contributed by atoms with van der Waals surface area (Å²) in [5.74, 6) is 0. The highest BCUT2D eigenvalue weighted by Crippen LogP contribution is 2.13. The molecule has 70 valence electrons. The zero-order valence-electron chi connectivity index (χ0n) is 7.92. The molecule has 1 heterocycles. The lowest BCUT2D eigenvalue weighted by molar-refractivity contribution is 0.276. The van der Waals surface area contributed by atoms with Crippen molar-refractivity contribution >= 4 is 0 Å². The fraction of sp³-hybridized carbons (Fsp3) is 0.800. The van der Waals surface area contributed by atoms with Crippen LogP contribution in [-0.4, -0.2) is 36.2 Å². The minimum atomic E-state index is 0.323. The molecule has 0 bridgehead atoms. The third kappa shape index (κ3) is 2.95. The molecule has 0 aromatic carbocycles. The van der Waals surface area contributed by atoms with E-state index in [1.807, 2.05) is 0 Å². The first kappa shape index (κ1) is 9.75. The standard InChI is InChI=1S/C10H19NO/c1-2-11-7-3-5-10(9-11)6-4-8-12/h5,12H,2-4,6-9H2,1H3. The van der Waals surface area contributed by atoms with Crippen LogP contribution in [-0.2, 0) is 0 Å². The summed E-state index contributed by atoms with van der Waals surface area (Å²) in [7, 11) is 0. The maximum atomic E-state index is 8.68. The van der Waals surface area contributed by atoms with Crippen molar-refractivity contribution < 1.29 is 5.11 Å². The van der Waals surface area contributed by atoms with Gasteiger partial charge in [-0.2, -0.15) is 0 Å². The Kier molecular flexibility index (Phi) is 4.33. The zero-order valence-corrected chi connectivity index (χ0v) is 7.92. The van der Waals surface area contributed by atoms with Crippen molar-refractivity contribution in [3.05, 3.63) is 11.6 Å². The lowest BCUT2D eigenvalue weighted by Crippen LogP contribution is -2.29. The molecule has 0 atom stereocenters. The average Bonchev–Trinajstić information content (AvgIpc) is 2.15. The van der Waals surface area contributed by atoms with Crippen LogP contribution in [0, 0.1) is 0 Å². The Morgan fingerprint density at radius 2 is 2.42 bits per heavy atom. The lowest BCUT2D eigenvalue weighted by atomic mass is 10.1. The number of aliphatic hydroxyl groups excluding tert-OH is 1. The molecule has 0 unspecified atom stereocenters. The molecule has 0 fully saturated rings. The van der Waals surface area contributed by atoms with Crippen molar-refractivity contribution in [3.8, 4) is 0 Å². The van der Waals surface area contributed by atoms with Crippen molar-refractivity contribution in [1.29, 1.82) is 0 Å². The Morgan fingerprint density at radius 1 is 1.58 bits per heavy atom. The quantitative estimate of drug-likeness (QED) is 0.643. The molecule has 1 N–H and O–H groups in total. The van der Waals surface area contributed by atoms with Gasteiger partial charge in [-0.3, -0.25) is 4.90 Å². The van der Waals surface area contributed by atoms with E-state index >= 15 is 0 Å². The van der Waals surface area contributed by atoms with Crippen molar-refractivity contribution in [1.82, 2.24) is 4.90 Å². The van der Waals surface area contributed by atoms with Crippen molar-refractivity contribution in [2.24, 2.45) is 0 Å². The lowest BCUT2D eigenvalue weighted by Gasteiger charge is -2.25. The van der Waals surface area contributed by atoms with Gasteiger partial charge in [0.1, 0.15) is 0 Å². The first-order chi connectivity index (χ1) is 5.86. The monoisotopic (exact) mass is 169 g/mol. The highest BCUT2D eigenvalue weighted by Gasteiger charge is 2.09. The van der Waals surface area contributed by atoms with Crippen LogP contribution < -0.4 is 0 Å². The van der Waals surface area contributed by atoms with E-state index in [1.165, 1.54) is 18.5 Å². The fourth-order valence-electron chi connectivity index (χ4n) is 1.64. The second kappa shape index (κ2) is 5.33. The first-order valence-electron chi connectivity index (χ1n) is 4.88. The zero-order chi connectivity index (χ0) is 8.81. The summed E-state index contributed by atoms with van der Waals surface area (Å²) in [5, 5.41) is 8.68. The summed E-state index contributed by atoms with van der Waals surface area (Å²) in [6.45, 7) is 6.00. The van der Waals surface area contributed by atoms with Crippen LogP contribution >= 0.6 is 0 Å². The van der Waals surface area contributed by atoms with Crippen molar-refractivity contribution in [2.45, 2.75) is 26.2 Å². The molecule has 0 radical (unpaired) electrons. The molecule has 0 aromatic heterocycles. The van der Waals surface area contributed by atoms with E-state index in [1.54, 1.807) is 0 Å². The maximum absolute atomic E-state index is 8.68. The molecule has 0 aliphatic carbocycles. The summed E-state index contributed by atoms with van der Waals surface area (Å²) in [4.78, 5) is 2.45. The molecule has 0 aromatic rings. The van der Waals surface area contributed by atoms with Gasteiger partial charge >= 0.3 is 0 Å². The van der Waals surface area contributed by atoms with E-state index < -0.39 is 0 Å². The van der Waals surface area contributed by atoms with Crippen LogP contribution in [0.5, 0.6) is 0 Å². The Balaban J connectivity index is 2.28. The van der Waals surface area contributed by atoms with Gasteiger partial charge in [0.05, 0.1) is 0 Å². The topological polar surface area (TPSA) is 23.5 Å². The summed E-state index contributed by atoms with van der Waals surface area (Å²) >= 11 is 0. The van der Waals surface area contributed by atoms with Gasteiger partial charge in [0.2, 0.25) is 0 Å². The van der Waals surface area contributed by atoms with Gasteiger partial charge in [-0.1, -0.05) is 18.6 Å². The van der Waals surface area contributed by atoms with E-state index in [9.17, 15) is 0 Å². The van der Waals surface area contributed by atoms with Gasteiger partial charge in [-0.05, 0) is 25.8 Å². The normalized spacial score (nSPS) is 19.3. The van der Waals surface area contributed by atoms with Gasteiger partial charge in [-0.15, -0.1) is 0 Å². The smallest absolute Gasteiger partial charge is 0.0434 e. The van der Waals surface area contributed by atoms with E-state index in [0.29, 0.717) is 6.61 Å². The number of nitrogens with zero attached hydrogens (tertiary/aromatic N) is 1. The number of hydrogen-bond acceptors (Lipinski definition) is 2. The number of rotatable bonds is 4. The van der Waals surface area contributed by atoms with E-state index in [-0.39, 0.29) is 0 Å². The molecule has 2 heteroatoms. The Labute approximate surface area is 74.9 Å². The Morgan fingerprint density at radius 3 is 3.08 bits per heavy atom. The maximum Gasteiger partial charge on any atom is 0.0434 e. The van der Waals surface area contributed by atoms with Crippen LogP contribution in [0.25, 0.3) is 0 Å². The predicted octanol–water partition coefficient (Wildman–Crippen LogP) is 1.41. The van der Waals surface area contributed by atoms with Crippen LogP contribution in [0.1, 0.15) is 26.2 Å². The van der Waals surface area contributed by atoms with Gasteiger partial charge in [0.15, 0.2) is 0 Å². The van der Waals surface area contributed by atoms with Crippen molar-refractivity contribution in [3.63, 3.8) is 0 Å². The average molecular weight is 169 g/mol. The highest BCUT2D eigenvalue weighted by atomic mass is 16.2. The molecule has 1 aliphatic rings. The van der Waals surface area contributed by atoms with Crippen LogP contribution in [0.3, 0.4) is 0 Å². The molecule has 12 heavy (non-hydrogen) atoms. The molecular weight excluding hydrogens is 150 g/mol. The number of likely N-dealkylation sites (N-methyl/N-ethyl adjacent to an activating group) is 1. The van der Waals surface area contributed by atoms with Gasteiger partial charge in [0, 0.05) is 19.7 Å². The fourth-order valence-corrected chi connectivity index (χ4v) is 1.64. The summed E-state index contributed by atoms with van der Waals surface area (Å²) in [6.07, 6.45) is 5.52. The van der Waals surface area contributed by atoms with Crippen molar-refractivity contribution in [2.75, 3.05) is 26.2 Å². The third-order valence-electron chi connectivity index (χ3n) is 2.41. The molecular formula is C10H19NO. The molecule has 2 nitrogen and oxygen atoms in total. The third-order valence-corrected chi connectivity index (χ3v) is 2.41. The summed E-state index contributed by atoms with van der Waals surface area (Å²) in [6, 6.07) is 0. The molecule has 1 rings (SSSR count). The Bertz CT molecular complexity index is 154. The second-order valence-corrected chi connectivity index (χ2v) is 3.35. The SMILES string of the molecule is CCN1CCC=C(CCCO)C1. The number of aliphatic hydroxyl groups is 1. The molecule has 0 spiro atoms. The van der Waals surface area contributed by atoms with E-state index in [4.69, 9.17) is 5.11 Å². The minimum Gasteiger partial charge on any atom is -0.396 e. The van der Waals surface area contributed by atoms with E-state index in [2.05, 4.69) is 17.9 Å². The van der Waals surface area contributed by atoms with Crippen LogP contribution in [0.4, 0.5) is 0 Å². The first-order valence-corrected chi connectivity index (χ1v) is 4.88. The summed E-state index contributed by atoms with van der Waals surface area (Å²) < 4.78 is 0. The minimum absolute atomic E-state index is 0.323. The molecule has 0 saturated carbocycles. The Hall–Kier alpha value is -0.340. The van der Waals surface area contributed by atoms with Gasteiger partial charge in [0.25, 0.3) is 0 Å². The van der Waals surface area contributed by atoms with Crippen LogP contribution in [0.15, 0.2) is 11.6 Å². The molecule has 0 saturated heterocycles.